The molecule has 0 bridgehead atoms. The van der Waals surface area contributed by atoms with Crippen LogP contribution in [-0.4, -0.2) is 51.4 Å². The van der Waals surface area contributed by atoms with Crippen LogP contribution in [0, 0.1) is 0 Å². The molecular formula is C27H29BrClN3O5S. The topological polar surface area (TPSA) is 96.0 Å². The highest BCUT2D eigenvalue weighted by Gasteiger charge is 2.33. The number of benzene rings is 3. The Morgan fingerprint density at radius 3 is 2.32 bits per heavy atom. The lowest BCUT2D eigenvalue weighted by Gasteiger charge is -2.32. The van der Waals surface area contributed by atoms with Gasteiger partial charge in [-0.2, -0.15) is 0 Å². The van der Waals surface area contributed by atoms with Crippen LogP contribution < -0.4 is 14.4 Å². The van der Waals surface area contributed by atoms with Gasteiger partial charge in [-0.1, -0.05) is 57.9 Å². The summed E-state index contributed by atoms with van der Waals surface area (Å²) in [5.74, 6) is -0.707. The van der Waals surface area contributed by atoms with Crippen LogP contribution in [-0.2, 0) is 26.2 Å². The van der Waals surface area contributed by atoms with Gasteiger partial charge < -0.3 is 15.0 Å². The van der Waals surface area contributed by atoms with E-state index < -0.39 is 28.5 Å². The van der Waals surface area contributed by atoms with Gasteiger partial charge in [-0.15, -0.1) is 0 Å². The van der Waals surface area contributed by atoms with Crippen LogP contribution in [0.25, 0.3) is 0 Å². The quantitative estimate of drug-likeness (QED) is 0.330. The number of nitrogens with zero attached hydrogens (tertiary/aromatic N) is 2. The monoisotopic (exact) mass is 621 g/mol. The number of hydrogen-bond donors (Lipinski definition) is 1. The number of carbonyl (C=O) groups is 2. The van der Waals surface area contributed by atoms with E-state index in [4.69, 9.17) is 16.3 Å². The molecule has 2 amide bonds. The molecule has 3 rings (SSSR count). The van der Waals surface area contributed by atoms with E-state index in [1.807, 2.05) is 24.3 Å². The van der Waals surface area contributed by atoms with Crippen LogP contribution >= 0.6 is 27.5 Å². The summed E-state index contributed by atoms with van der Waals surface area (Å²) < 4.78 is 34.9. The van der Waals surface area contributed by atoms with Gasteiger partial charge in [0, 0.05) is 22.6 Å². The van der Waals surface area contributed by atoms with Crippen molar-refractivity contribution in [3.05, 3.63) is 87.9 Å². The molecule has 8 nitrogen and oxygen atoms in total. The van der Waals surface area contributed by atoms with Gasteiger partial charge in [0.1, 0.15) is 18.3 Å². The average molecular weight is 623 g/mol. The fourth-order valence-corrected chi connectivity index (χ4v) is 5.65. The summed E-state index contributed by atoms with van der Waals surface area (Å²) in [6.07, 6.45) is 0. The Morgan fingerprint density at radius 2 is 1.71 bits per heavy atom. The molecule has 0 spiro atoms. The van der Waals surface area contributed by atoms with Gasteiger partial charge in [0.2, 0.25) is 11.8 Å². The van der Waals surface area contributed by atoms with Crippen LogP contribution in [0.15, 0.2) is 82.2 Å². The van der Waals surface area contributed by atoms with Crippen molar-refractivity contribution in [3.63, 3.8) is 0 Å². The molecule has 0 aromatic heterocycles. The van der Waals surface area contributed by atoms with Crippen molar-refractivity contribution in [1.82, 2.24) is 10.2 Å². The average Bonchev–Trinajstić information content (AvgIpc) is 2.91. The summed E-state index contributed by atoms with van der Waals surface area (Å²) >= 11 is 9.63. The zero-order valence-electron chi connectivity index (χ0n) is 21.2. The minimum Gasteiger partial charge on any atom is -0.495 e. The van der Waals surface area contributed by atoms with E-state index in [2.05, 4.69) is 21.2 Å². The summed E-state index contributed by atoms with van der Waals surface area (Å²) in [7, 11) is -2.82. The number of sulfonamides is 1. The van der Waals surface area contributed by atoms with Crippen molar-refractivity contribution in [1.29, 1.82) is 0 Å². The van der Waals surface area contributed by atoms with Gasteiger partial charge in [-0.25, -0.2) is 8.42 Å². The lowest BCUT2D eigenvalue weighted by molar-refractivity contribution is -0.139. The molecule has 0 aliphatic heterocycles. The van der Waals surface area contributed by atoms with Crippen molar-refractivity contribution >= 4 is 55.1 Å². The minimum atomic E-state index is -4.23. The number of methoxy groups -OCH3 is 1. The molecule has 0 radical (unpaired) electrons. The number of likely N-dealkylation sites (N-methyl/N-ethyl adjacent to an activating group) is 1. The van der Waals surface area contributed by atoms with E-state index in [1.165, 1.54) is 36.3 Å². The van der Waals surface area contributed by atoms with Gasteiger partial charge >= 0.3 is 0 Å². The maximum absolute atomic E-state index is 13.9. The second-order valence-electron chi connectivity index (χ2n) is 8.36. The molecule has 1 N–H and O–H groups in total. The second kappa shape index (κ2) is 13.1. The predicted octanol–water partition coefficient (Wildman–Crippen LogP) is 4.86. The van der Waals surface area contributed by atoms with Gasteiger partial charge in [-0.3, -0.25) is 13.9 Å². The Bertz CT molecular complexity index is 1370. The molecule has 0 aliphatic carbocycles. The van der Waals surface area contributed by atoms with Crippen LogP contribution in [0.5, 0.6) is 5.75 Å². The van der Waals surface area contributed by atoms with Crippen LogP contribution in [0.2, 0.25) is 5.02 Å². The maximum atomic E-state index is 13.9. The van der Waals surface area contributed by atoms with E-state index in [-0.39, 0.29) is 33.8 Å². The van der Waals surface area contributed by atoms with Crippen molar-refractivity contribution in [2.24, 2.45) is 0 Å². The smallest absolute Gasteiger partial charge is 0.264 e. The third-order valence-corrected chi connectivity index (χ3v) is 8.34. The molecule has 3 aromatic rings. The first-order valence-corrected chi connectivity index (χ1v) is 14.4. The number of nitrogens with one attached hydrogen (secondary N) is 1. The maximum Gasteiger partial charge on any atom is 0.264 e. The van der Waals surface area contributed by atoms with Gasteiger partial charge in [0.05, 0.1) is 17.7 Å². The molecule has 1 atom stereocenters. The van der Waals surface area contributed by atoms with Crippen LogP contribution in [0.1, 0.15) is 19.4 Å². The second-order valence-corrected chi connectivity index (χ2v) is 11.6. The summed E-state index contributed by atoms with van der Waals surface area (Å²) in [5.41, 5.74) is 0.877. The molecule has 0 unspecified atom stereocenters. The third-order valence-electron chi connectivity index (χ3n) is 5.80. The van der Waals surface area contributed by atoms with E-state index in [1.54, 1.807) is 38.1 Å². The zero-order valence-corrected chi connectivity index (χ0v) is 24.4. The molecule has 11 heteroatoms. The number of anilines is 1. The number of ether oxygens (including phenoxy) is 1. The first-order valence-electron chi connectivity index (χ1n) is 11.8. The summed E-state index contributed by atoms with van der Waals surface area (Å²) in [4.78, 5) is 28.0. The molecule has 38 heavy (non-hydrogen) atoms. The van der Waals surface area contributed by atoms with Gasteiger partial charge in [0.25, 0.3) is 10.0 Å². The SMILES string of the molecule is CCNC(=O)[C@H](C)N(Cc1ccc(Br)cc1)C(=O)CN(c1cc(Cl)ccc1OC)S(=O)(=O)c1ccccc1. The molecule has 0 saturated carbocycles. The first-order chi connectivity index (χ1) is 18.1. The number of amides is 2. The summed E-state index contributed by atoms with van der Waals surface area (Å²) in [5, 5.41) is 3.00. The number of hydrogen-bond acceptors (Lipinski definition) is 5. The Labute approximate surface area is 236 Å². The van der Waals surface area contributed by atoms with E-state index in [0.29, 0.717) is 6.54 Å². The lowest BCUT2D eigenvalue weighted by atomic mass is 10.1. The molecular weight excluding hydrogens is 594 g/mol. The Kier molecular flexibility index (Phi) is 10.2. The van der Waals surface area contributed by atoms with Crippen molar-refractivity contribution in [3.8, 4) is 5.75 Å². The minimum absolute atomic E-state index is 0.00828. The Hall–Kier alpha value is -3.08. The number of carbonyl (C=O) groups excluding carboxylic acids is 2. The lowest BCUT2D eigenvalue weighted by Crippen LogP contribution is -2.51. The molecule has 0 saturated heterocycles. The largest absolute Gasteiger partial charge is 0.495 e. The van der Waals surface area contributed by atoms with Crippen LogP contribution in [0.3, 0.4) is 0 Å². The number of rotatable bonds is 11. The fourth-order valence-electron chi connectivity index (χ4n) is 3.78. The van der Waals surface area contributed by atoms with Crippen molar-refractivity contribution < 1.29 is 22.7 Å². The highest BCUT2D eigenvalue weighted by molar-refractivity contribution is 9.10. The fraction of sp³-hybridized carbons (Fsp3) is 0.259. The molecule has 0 heterocycles. The molecule has 3 aromatic carbocycles. The van der Waals surface area contributed by atoms with Gasteiger partial charge in [0.15, 0.2) is 0 Å². The summed E-state index contributed by atoms with van der Waals surface area (Å²) in [6.45, 7) is 3.28. The van der Waals surface area contributed by atoms with E-state index in [9.17, 15) is 18.0 Å². The van der Waals surface area contributed by atoms with Crippen LogP contribution in [0.4, 0.5) is 5.69 Å². The highest BCUT2D eigenvalue weighted by Crippen LogP contribution is 2.35. The summed E-state index contributed by atoms with van der Waals surface area (Å²) in [6, 6.07) is 18.8. The highest BCUT2D eigenvalue weighted by atomic mass is 79.9. The standard InChI is InChI=1S/C27H29BrClN3O5S/c1-4-30-27(34)19(2)31(17-20-10-12-21(28)13-11-20)26(33)18-32(24-16-22(29)14-15-25(24)37-3)38(35,36)23-8-6-5-7-9-23/h5-16,19H,4,17-18H2,1-3H3,(H,30,34)/t19-/m0/s1. The molecule has 202 valence electrons. The molecule has 0 fully saturated rings. The molecule has 0 aliphatic rings. The van der Waals surface area contributed by atoms with Crippen molar-refractivity contribution in [2.45, 2.75) is 31.3 Å². The van der Waals surface area contributed by atoms with Gasteiger partial charge in [-0.05, 0) is 61.9 Å². The Morgan fingerprint density at radius 1 is 1.05 bits per heavy atom. The predicted molar refractivity (Wildman–Crippen MR) is 152 cm³/mol. The number of halogens is 2. The van der Waals surface area contributed by atoms with E-state index in [0.717, 1.165) is 14.3 Å². The zero-order chi connectivity index (χ0) is 27.9. The van der Waals surface area contributed by atoms with E-state index >= 15 is 0 Å². The first kappa shape index (κ1) is 29.5. The third kappa shape index (κ3) is 7.06. The van der Waals surface area contributed by atoms with Crippen molar-refractivity contribution in [2.75, 3.05) is 24.5 Å². The normalized spacial score (nSPS) is 11.9. The Balaban J connectivity index is 2.08.